The van der Waals surface area contributed by atoms with Gasteiger partial charge in [0.15, 0.2) is 0 Å². The molecule has 0 radical (unpaired) electrons. The SMILES string of the molecule is COCC(c1ccccc1)N1CCCC(CNC(C)C)C1. The predicted octanol–water partition coefficient (Wildman–Crippen LogP) is 3.08. The molecule has 1 fully saturated rings. The van der Waals surface area contributed by atoms with Gasteiger partial charge >= 0.3 is 0 Å². The summed E-state index contributed by atoms with van der Waals surface area (Å²) < 4.78 is 5.49. The summed E-state index contributed by atoms with van der Waals surface area (Å²) in [7, 11) is 1.80. The van der Waals surface area contributed by atoms with Crippen LogP contribution in [0, 0.1) is 5.92 Å². The fourth-order valence-corrected chi connectivity index (χ4v) is 3.19. The van der Waals surface area contributed by atoms with Crippen molar-refractivity contribution in [1.29, 1.82) is 0 Å². The van der Waals surface area contributed by atoms with Crippen molar-refractivity contribution in [2.24, 2.45) is 5.92 Å². The van der Waals surface area contributed by atoms with Crippen molar-refractivity contribution in [3.8, 4) is 0 Å². The third-order valence-electron chi connectivity index (χ3n) is 4.31. The molecule has 1 aliphatic heterocycles. The van der Waals surface area contributed by atoms with Gasteiger partial charge in [-0.05, 0) is 37.4 Å². The maximum Gasteiger partial charge on any atom is 0.0659 e. The van der Waals surface area contributed by atoms with Gasteiger partial charge in [0.2, 0.25) is 0 Å². The lowest BCUT2D eigenvalue weighted by Gasteiger charge is -2.38. The number of nitrogens with one attached hydrogen (secondary N) is 1. The summed E-state index contributed by atoms with van der Waals surface area (Å²) in [5, 5.41) is 3.59. The van der Waals surface area contributed by atoms with E-state index >= 15 is 0 Å². The van der Waals surface area contributed by atoms with Crippen LogP contribution in [0.4, 0.5) is 0 Å². The van der Waals surface area contributed by atoms with Gasteiger partial charge in [-0.3, -0.25) is 4.90 Å². The Morgan fingerprint density at radius 3 is 2.71 bits per heavy atom. The third-order valence-corrected chi connectivity index (χ3v) is 4.31. The van der Waals surface area contributed by atoms with Crippen molar-refractivity contribution in [3.63, 3.8) is 0 Å². The Balaban J connectivity index is 1.99. The first-order valence-corrected chi connectivity index (χ1v) is 8.22. The van der Waals surface area contributed by atoms with Crippen LogP contribution in [-0.2, 0) is 4.74 Å². The van der Waals surface area contributed by atoms with Crippen molar-refractivity contribution in [2.45, 2.75) is 38.8 Å². The van der Waals surface area contributed by atoms with Crippen molar-refractivity contribution in [2.75, 3.05) is 33.4 Å². The van der Waals surface area contributed by atoms with Crippen molar-refractivity contribution >= 4 is 0 Å². The summed E-state index contributed by atoms with van der Waals surface area (Å²) >= 11 is 0. The van der Waals surface area contributed by atoms with Gasteiger partial charge < -0.3 is 10.1 Å². The van der Waals surface area contributed by atoms with Gasteiger partial charge in [0.05, 0.1) is 12.6 Å². The van der Waals surface area contributed by atoms with Crippen molar-refractivity contribution < 1.29 is 4.74 Å². The molecule has 118 valence electrons. The molecule has 2 atom stereocenters. The molecule has 1 saturated heterocycles. The van der Waals surface area contributed by atoms with Crippen LogP contribution >= 0.6 is 0 Å². The second-order valence-corrected chi connectivity index (χ2v) is 6.45. The van der Waals surface area contributed by atoms with Crippen LogP contribution in [-0.4, -0.2) is 44.3 Å². The molecule has 1 N–H and O–H groups in total. The number of methoxy groups -OCH3 is 1. The molecule has 21 heavy (non-hydrogen) atoms. The number of rotatable bonds is 7. The summed E-state index contributed by atoms with van der Waals surface area (Å²) in [6, 6.07) is 11.7. The molecular weight excluding hydrogens is 260 g/mol. The van der Waals surface area contributed by atoms with Crippen LogP contribution in [0.3, 0.4) is 0 Å². The first-order valence-electron chi connectivity index (χ1n) is 8.22. The summed E-state index contributed by atoms with van der Waals surface area (Å²) in [6.45, 7) is 8.69. The lowest BCUT2D eigenvalue weighted by molar-refractivity contribution is 0.0584. The Kier molecular flexibility index (Phi) is 6.68. The molecule has 1 aromatic rings. The fraction of sp³-hybridized carbons (Fsp3) is 0.667. The Bertz CT molecular complexity index is 393. The zero-order valence-electron chi connectivity index (χ0n) is 13.7. The van der Waals surface area contributed by atoms with Gasteiger partial charge in [-0.2, -0.15) is 0 Å². The highest BCUT2D eigenvalue weighted by Crippen LogP contribution is 2.27. The number of hydrogen-bond donors (Lipinski definition) is 1. The highest BCUT2D eigenvalue weighted by atomic mass is 16.5. The first-order chi connectivity index (χ1) is 10.2. The van der Waals surface area contributed by atoms with E-state index in [9.17, 15) is 0 Å². The molecule has 0 saturated carbocycles. The quantitative estimate of drug-likeness (QED) is 0.835. The Morgan fingerprint density at radius 1 is 1.29 bits per heavy atom. The van der Waals surface area contributed by atoms with E-state index in [1.165, 1.54) is 31.5 Å². The maximum absolute atomic E-state index is 5.49. The minimum Gasteiger partial charge on any atom is -0.383 e. The molecule has 0 aliphatic carbocycles. The van der Waals surface area contributed by atoms with E-state index in [0.717, 1.165) is 19.1 Å². The summed E-state index contributed by atoms with van der Waals surface area (Å²) in [5.74, 6) is 0.754. The summed E-state index contributed by atoms with van der Waals surface area (Å²) in [5.41, 5.74) is 1.37. The van der Waals surface area contributed by atoms with Gasteiger partial charge in [0.1, 0.15) is 0 Å². The van der Waals surface area contributed by atoms with Crippen LogP contribution in [0.5, 0.6) is 0 Å². The molecule has 1 heterocycles. The standard InChI is InChI=1S/C18H30N2O/c1-15(2)19-12-16-8-7-11-20(13-16)18(14-21-3)17-9-5-4-6-10-17/h4-6,9-10,15-16,18-19H,7-8,11-14H2,1-3H3. The number of hydrogen-bond acceptors (Lipinski definition) is 3. The van der Waals surface area contributed by atoms with Crippen LogP contribution in [0.2, 0.25) is 0 Å². The summed E-state index contributed by atoms with van der Waals surface area (Å²) in [6.07, 6.45) is 2.63. The average molecular weight is 290 g/mol. The van der Waals surface area contributed by atoms with E-state index < -0.39 is 0 Å². The van der Waals surface area contributed by atoms with E-state index in [1.54, 1.807) is 7.11 Å². The Labute approximate surface area is 129 Å². The van der Waals surface area contributed by atoms with Crippen molar-refractivity contribution in [1.82, 2.24) is 10.2 Å². The van der Waals surface area contributed by atoms with Gasteiger partial charge in [-0.15, -0.1) is 0 Å². The fourth-order valence-electron chi connectivity index (χ4n) is 3.19. The van der Waals surface area contributed by atoms with Gasteiger partial charge in [-0.25, -0.2) is 0 Å². The topological polar surface area (TPSA) is 24.5 Å². The molecule has 1 aliphatic rings. The maximum atomic E-state index is 5.49. The smallest absolute Gasteiger partial charge is 0.0659 e. The Morgan fingerprint density at radius 2 is 2.05 bits per heavy atom. The zero-order valence-corrected chi connectivity index (χ0v) is 13.7. The molecule has 1 aromatic carbocycles. The van der Waals surface area contributed by atoms with Gasteiger partial charge in [0, 0.05) is 19.7 Å². The van der Waals surface area contributed by atoms with Crippen LogP contribution < -0.4 is 5.32 Å². The molecule has 3 heteroatoms. The first kappa shape index (κ1) is 16.5. The highest BCUT2D eigenvalue weighted by molar-refractivity contribution is 5.19. The molecule has 2 rings (SSSR count). The minimum absolute atomic E-state index is 0.387. The molecular formula is C18H30N2O. The van der Waals surface area contributed by atoms with Crippen molar-refractivity contribution in [3.05, 3.63) is 35.9 Å². The van der Waals surface area contributed by atoms with Crippen LogP contribution in [0.15, 0.2) is 30.3 Å². The highest BCUT2D eigenvalue weighted by Gasteiger charge is 2.26. The largest absolute Gasteiger partial charge is 0.383 e. The number of benzene rings is 1. The second-order valence-electron chi connectivity index (χ2n) is 6.45. The van der Waals surface area contributed by atoms with E-state index in [-0.39, 0.29) is 0 Å². The van der Waals surface area contributed by atoms with E-state index in [4.69, 9.17) is 4.74 Å². The van der Waals surface area contributed by atoms with Gasteiger partial charge in [-0.1, -0.05) is 44.2 Å². The second kappa shape index (κ2) is 8.52. The minimum atomic E-state index is 0.387. The lowest BCUT2D eigenvalue weighted by atomic mass is 9.94. The number of ether oxygens (including phenoxy) is 1. The lowest BCUT2D eigenvalue weighted by Crippen LogP contribution is -2.43. The van der Waals surface area contributed by atoms with Gasteiger partial charge in [0.25, 0.3) is 0 Å². The molecule has 0 aromatic heterocycles. The molecule has 0 bridgehead atoms. The van der Waals surface area contributed by atoms with E-state index in [1.807, 2.05) is 0 Å². The number of likely N-dealkylation sites (tertiary alicyclic amines) is 1. The predicted molar refractivity (Wildman–Crippen MR) is 88.5 cm³/mol. The zero-order chi connectivity index (χ0) is 15.1. The normalized spacial score (nSPS) is 21.6. The van der Waals surface area contributed by atoms with E-state index in [2.05, 4.69) is 54.4 Å². The number of nitrogens with zero attached hydrogens (tertiary/aromatic N) is 1. The third kappa shape index (κ3) is 5.10. The van der Waals surface area contributed by atoms with Crippen LogP contribution in [0.25, 0.3) is 0 Å². The Hall–Kier alpha value is -0.900. The molecule has 0 spiro atoms. The average Bonchev–Trinajstić information content (AvgIpc) is 2.52. The van der Waals surface area contributed by atoms with E-state index in [0.29, 0.717) is 12.1 Å². The molecule has 0 amide bonds. The monoisotopic (exact) mass is 290 g/mol. The molecule has 3 nitrogen and oxygen atoms in total. The van der Waals surface area contributed by atoms with Crippen LogP contribution in [0.1, 0.15) is 38.3 Å². The summed E-state index contributed by atoms with van der Waals surface area (Å²) in [4.78, 5) is 2.61. The number of piperidine rings is 1. The molecule has 2 unspecified atom stereocenters.